The van der Waals surface area contributed by atoms with E-state index in [0.29, 0.717) is 13.0 Å². The Labute approximate surface area is 120 Å². The summed E-state index contributed by atoms with van der Waals surface area (Å²) in [4.78, 5) is 2.15. The van der Waals surface area contributed by atoms with Crippen molar-refractivity contribution in [2.75, 3.05) is 7.05 Å². The Bertz CT molecular complexity index is 440. The van der Waals surface area contributed by atoms with Gasteiger partial charge in [-0.25, -0.2) is 0 Å². The first kappa shape index (κ1) is 16.0. The molecule has 5 nitrogen and oxygen atoms in total. The molecule has 0 aliphatic carbocycles. The Morgan fingerprint density at radius 3 is 2.63 bits per heavy atom. The Hall–Kier alpha value is -1.07. The quantitative estimate of drug-likeness (QED) is 0.596. The van der Waals surface area contributed by atoms with Crippen LogP contribution in [0.25, 0.3) is 0 Å². The molecule has 6 heteroatoms. The molecule has 0 aliphatic heterocycles. The van der Waals surface area contributed by atoms with Crippen LogP contribution in [0.5, 0.6) is 0 Å². The standard InChI is InChI=1S/C13H24ClN5/c1-5-10-13(14)11(19(6-2)17-10)8-18(4)9(3)7-12(15)16/h9H,5-8H2,1-4H3,(H3,15,16). The third-order valence-electron chi connectivity index (χ3n) is 3.36. The van der Waals surface area contributed by atoms with Gasteiger partial charge in [-0.2, -0.15) is 5.10 Å². The number of amidine groups is 1. The van der Waals surface area contributed by atoms with Crippen molar-refractivity contribution in [1.29, 1.82) is 5.41 Å². The SMILES string of the molecule is CCc1nn(CC)c(CN(C)C(C)CC(=N)N)c1Cl. The fourth-order valence-electron chi connectivity index (χ4n) is 2.03. The number of halogens is 1. The van der Waals surface area contributed by atoms with E-state index in [9.17, 15) is 0 Å². The second-order valence-corrected chi connectivity index (χ2v) is 5.25. The molecule has 19 heavy (non-hydrogen) atoms. The van der Waals surface area contributed by atoms with Gasteiger partial charge in [0.15, 0.2) is 0 Å². The Morgan fingerprint density at radius 2 is 2.16 bits per heavy atom. The highest BCUT2D eigenvalue weighted by Gasteiger charge is 2.18. The third-order valence-corrected chi connectivity index (χ3v) is 3.80. The van der Waals surface area contributed by atoms with Gasteiger partial charge in [0.1, 0.15) is 0 Å². The summed E-state index contributed by atoms with van der Waals surface area (Å²) in [5.41, 5.74) is 7.44. The van der Waals surface area contributed by atoms with Gasteiger partial charge in [-0.3, -0.25) is 15.0 Å². The zero-order chi connectivity index (χ0) is 14.6. The molecule has 0 aliphatic rings. The zero-order valence-corrected chi connectivity index (χ0v) is 13.0. The highest BCUT2D eigenvalue weighted by Crippen LogP contribution is 2.23. The van der Waals surface area contributed by atoms with Gasteiger partial charge in [0.05, 0.1) is 22.2 Å². The van der Waals surface area contributed by atoms with Crippen LogP contribution in [0.3, 0.4) is 0 Å². The largest absolute Gasteiger partial charge is 0.388 e. The van der Waals surface area contributed by atoms with Crippen LogP contribution in [0.2, 0.25) is 5.02 Å². The summed E-state index contributed by atoms with van der Waals surface area (Å²) in [6.07, 6.45) is 1.40. The van der Waals surface area contributed by atoms with Crippen LogP contribution in [-0.4, -0.2) is 33.6 Å². The number of nitrogens with two attached hydrogens (primary N) is 1. The van der Waals surface area contributed by atoms with Crippen LogP contribution >= 0.6 is 11.6 Å². The number of hydrogen-bond acceptors (Lipinski definition) is 3. The van der Waals surface area contributed by atoms with Crippen molar-refractivity contribution in [1.82, 2.24) is 14.7 Å². The molecular weight excluding hydrogens is 262 g/mol. The Morgan fingerprint density at radius 1 is 1.53 bits per heavy atom. The van der Waals surface area contributed by atoms with Crippen molar-refractivity contribution >= 4 is 17.4 Å². The first-order valence-corrected chi connectivity index (χ1v) is 7.05. The van der Waals surface area contributed by atoms with Gasteiger partial charge in [-0.05, 0) is 27.3 Å². The average molecular weight is 286 g/mol. The smallest absolute Gasteiger partial charge is 0.0920 e. The molecule has 108 valence electrons. The summed E-state index contributed by atoms with van der Waals surface area (Å²) in [6, 6.07) is 0.207. The van der Waals surface area contributed by atoms with Crippen LogP contribution in [0.1, 0.15) is 38.6 Å². The third kappa shape index (κ3) is 3.94. The molecule has 1 unspecified atom stereocenters. The molecule has 0 spiro atoms. The van der Waals surface area contributed by atoms with Crippen molar-refractivity contribution in [3.8, 4) is 0 Å². The molecule has 3 N–H and O–H groups in total. The molecule has 1 rings (SSSR count). The first-order valence-electron chi connectivity index (χ1n) is 6.67. The summed E-state index contributed by atoms with van der Waals surface area (Å²) in [5, 5.41) is 12.6. The zero-order valence-electron chi connectivity index (χ0n) is 12.2. The predicted molar refractivity (Wildman–Crippen MR) is 79.7 cm³/mol. The predicted octanol–water partition coefficient (Wildman–Crippen LogP) is 2.27. The summed E-state index contributed by atoms with van der Waals surface area (Å²) in [6.45, 7) is 7.70. The van der Waals surface area contributed by atoms with Gasteiger partial charge in [0.25, 0.3) is 0 Å². The van der Waals surface area contributed by atoms with Crippen LogP contribution in [0.15, 0.2) is 0 Å². The topological polar surface area (TPSA) is 70.9 Å². The maximum Gasteiger partial charge on any atom is 0.0920 e. The molecule has 0 radical (unpaired) electrons. The molecule has 1 atom stereocenters. The van der Waals surface area contributed by atoms with Crippen molar-refractivity contribution < 1.29 is 0 Å². The fraction of sp³-hybridized carbons (Fsp3) is 0.692. The Balaban J connectivity index is 2.86. The van der Waals surface area contributed by atoms with E-state index >= 15 is 0 Å². The minimum atomic E-state index is 0.207. The summed E-state index contributed by atoms with van der Waals surface area (Å²) in [7, 11) is 2.02. The van der Waals surface area contributed by atoms with Crippen LogP contribution in [0.4, 0.5) is 0 Å². The summed E-state index contributed by atoms with van der Waals surface area (Å²) >= 11 is 6.39. The van der Waals surface area contributed by atoms with Crippen LogP contribution in [0, 0.1) is 5.41 Å². The van der Waals surface area contributed by atoms with Gasteiger partial charge in [-0.15, -0.1) is 0 Å². The minimum Gasteiger partial charge on any atom is -0.388 e. The molecular formula is C13H24ClN5. The van der Waals surface area contributed by atoms with E-state index in [-0.39, 0.29) is 11.9 Å². The van der Waals surface area contributed by atoms with Gasteiger partial charge < -0.3 is 5.73 Å². The molecule has 0 fully saturated rings. The van der Waals surface area contributed by atoms with Gasteiger partial charge in [-0.1, -0.05) is 18.5 Å². The van der Waals surface area contributed by atoms with Crippen molar-refractivity contribution in [2.24, 2.45) is 5.73 Å². The van der Waals surface area contributed by atoms with Crippen LogP contribution < -0.4 is 5.73 Å². The molecule has 0 amide bonds. The molecule has 1 aromatic rings. The highest BCUT2D eigenvalue weighted by atomic mass is 35.5. The van der Waals surface area contributed by atoms with E-state index in [4.69, 9.17) is 22.7 Å². The summed E-state index contributed by atoms with van der Waals surface area (Å²) in [5.74, 6) is 0.212. The van der Waals surface area contributed by atoms with E-state index in [2.05, 4.69) is 30.8 Å². The normalized spacial score (nSPS) is 12.9. The van der Waals surface area contributed by atoms with Gasteiger partial charge in [0.2, 0.25) is 0 Å². The maximum absolute atomic E-state index is 7.36. The number of aromatic nitrogens is 2. The van der Waals surface area contributed by atoms with E-state index in [1.54, 1.807) is 0 Å². The minimum absolute atomic E-state index is 0.207. The molecule has 1 aromatic heterocycles. The Kier molecular flexibility index (Phi) is 5.82. The fourth-order valence-corrected chi connectivity index (χ4v) is 2.36. The molecule has 1 heterocycles. The summed E-state index contributed by atoms with van der Waals surface area (Å²) < 4.78 is 1.96. The number of rotatable bonds is 7. The van der Waals surface area contributed by atoms with Crippen molar-refractivity contribution in [2.45, 2.75) is 52.7 Å². The molecule has 0 bridgehead atoms. The number of nitrogens with one attached hydrogen (secondary N) is 1. The second-order valence-electron chi connectivity index (χ2n) is 4.87. The lowest BCUT2D eigenvalue weighted by atomic mass is 10.2. The van der Waals surface area contributed by atoms with E-state index in [0.717, 1.165) is 29.4 Å². The van der Waals surface area contributed by atoms with E-state index < -0.39 is 0 Å². The molecule has 0 saturated carbocycles. The van der Waals surface area contributed by atoms with Crippen molar-refractivity contribution in [3.63, 3.8) is 0 Å². The lowest BCUT2D eigenvalue weighted by Gasteiger charge is -2.24. The van der Waals surface area contributed by atoms with E-state index in [1.165, 1.54) is 0 Å². The monoisotopic (exact) mass is 285 g/mol. The second kappa shape index (κ2) is 6.91. The maximum atomic E-state index is 7.36. The van der Waals surface area contributed by atoms with Gasteiger partial charge >= 0.3 is 0 Å². The lowest BCUT2D eigenvalue weighted by Crippen LogP contribution is -2.33. The highest BCUT2D eigenvalue weighted by molar-refractivity contribution is 6.31. The van der Waals surface area contributed by atoms with Crippen LogP contribution in [-0.2, 0) is 19.5 Å². The van der Waals surface area contributed by atoms with Crippen molar-refractivity contribution in [3.05, 3.63) is 16.4 Å². The first-order chi connectivity index (χ1) is 8.90. The van der Waals surface area contributed by atoms with E-state index in [1.807, 2.05) is 11.7 Å². The number of aryl methyl sites for hydroxylation is 2. The molecule has 0 aromatic carbocycles. The number of nitrogens with zero attached hydrogens (tertiary/aromatic N) is 3. The average Bonchev–Trinajstić information content (AvgIpc) is 2.65. The lowest BCUT2D eigenvalue weighted by molar-refractivity contribution is 0.247. The number of hydrogen-bond donors (Lipinski definition) is 2. The molecule has 0 saturated heterocycles. The van der Waals surface area contributed by atoms with Gasteiger partial charge in [0, 0.05) is 25.6 Å².